The Morgan fingerprint density at radius 2 is 1.04 bits per heavy atom. The van der Waals surface area contributed by atoms with Gasteiger partial charge in [0.25, 0.3) is 0 Å². The Morgan fingerprint density at radius 3 is 1.52 bits per heavy atom. The van der Waals surface area contributed by atoms with Crippen molar-refractivity contribution in [3.8, 4) is 0 Å². The zero-order valence-corrected chi connectivity index (χ0v) is 15.3. The first-order valence-electron chi connectivity index (χ1n) is 9.79. The molecule has 0 spiro atoms. The van der Waals surface area contributed by atoms with Gasteiger partial charge in [-0.05, 0) is 57.8 Å². The van der Waals surface area contributed by atoms with E-state index in [-0.39, 0.29) is 0 Å². The lowest BCUT2D eigenvalue weighted by Crippen LogP contribution is -1.93. The molecule has 0 atom stereocenters. The third-order valence-electron chi connectivity index (χ3n) is 4.06. The van der Waals surface area contributed by atoms with Crippen LogP contribution in [0.15, 0.2) is 24.3 Å². The van der Waals surface area contributed by atoms with Crippen molar-refractivity contribution in [3.05, 3.63) is 24.3 Å². The predicted octanol–water partition coefficient (Wildman–Crippen LogP) is 7.05. The van der Waals surface area contributed by atoms with Crippen molar-refractivity contribution in [2.45, 2.75) is 103 Å². The monoisotopic (exact) mass is 322 g/mol. The molecule has 0 aliphatic heterocycles. The van der Waals surface area contributed by atoms with Crippen LogP contribution in [0.4, 0.5) is 0 Å². The molecule has 0 saturated heterocycles. The summed E-state index contributed by atoms with van der Waals surface area (Å²) in [5.41, 5.74) is 0. The largest absolute Gasteiger partial charge is 0.481 e. The number of rotatable bonds is 17. The summed E-state index contributed by atoms with van der Waals surface area (Å²) in [7, 11) is 0. The van der Waals surface area contributed by atoms with Crippen LogP contribution >= 0.6 is 0 Å². The molecule has 23 heavy (non-hydrogen) atoms. The smallest absolute Gasteiger partial charge is 0.303 e. The Balaban J connectivity index is 3.15. The van der Waals surface area contributed by atoms with E-state index in [1.807, 2.05) is 0 Å². The van der Waals surface area contributed by atoms with E-state index in [9.17, 15) is 4.79 Å². The van der Waals surface area contributed by atoms with E-state index < -0.39 is 5.97 Å². The summed E-state index contributed by atoms with van der Waals surface area (Å²) in [6.07, 6.45) is 26.7. The van der Waals surface area contributed by atoms with Gasteiger partial charge in [-0.15, -0.1) is 0 Å². The van der Waals surface area contributed by atoms with Gasteiger partial charge in [0, 0.05) is 6.42 Å². The van der Waals surface area contributed by atoms with Gasteiger partial charge in [-0.2, -0.15) is 0 Å². The lowest BCUT2D eigenvalue weighted by Gasteiger charge is -1.98. The van der Waals surface area contributed by atoms with Crippen molar-refractivity contribution < 1.29 is 9.90 Å². The number of carbonyl (C=O) groups is 1. The molecule has 0 heterocycles. The second-order valence-electron chi connectivity index (χ2n) is 6.42. The van der Waals surface area contributed by atoms with Gasteiger partial charge in [0.1, 0.15) is 0 Å². The molecule has 134 valence electrons. The molecule has 0 aliphatic rings. The topological polar surface area (TPSA) is 37.3 Å². The summed E-state index contributed by atoms with van der Waals surface area (Å²) in [6, 6.07) is 0. The molecule has 0 amide bonds. The number of hydrogen-bond donors (Lipinski definition) is 1. The molecular formula is C21H38O2. The fourth-order valence-corrected chi connectivity index (χ4v) is 2.58. The van der Waals surface area contributed by atoms with E-state index in [4.69, 9.17) is 5.11 Å². The number of allylic oxidation sites excluding steroid dienone is 4. The zero-order chi connectivity index (χ0) is 17.0. The second kappa shape index (κ2) is 19.0. The Bertz CT molecular complexity index is 305. The Morgan fingerprint density at radius 1 is 0.652 bits per heavy atom. The molecule has 0 aromatic rings. The van der Waals surface area contributed by atoms with Crippen molar-refractivity contribution in [2.75, 3.05) is 0 Å². The minimum Gasteiger partial charge on any atom is -0.481 e. The third kappa shape index (κ3) is 21.0. The normalized spacial score (nSPS) is 11.7. The van der Waals surface area contributed by atoms with E-state index in [1.54, 1.807) is 0 Å². The minimum atomic E-state index is -0.667. The minimum absolute atomic E-state index is 0.327. The molecule has 1 N–H and O–H groups in total. The summed E-state index contributed by atoms with van der Waals surface area (Å²) in [6.45, 7) is 2.25. The molecule has 0 bridgehead atoms. The fraction of sp³-hybridized carbons (Fsp3) is 0.762. The molecule has 0 aromatic carbocycles. The van der Waals surface area contributed by atoms with Crippen LogP contribution in [0.2, 0.25) is 0 Å². The highest BCUT2D eigenvalue weighted by Gasteiger charge is 1.95. The van der Waals surface area contributed by atoms with Gasteiger partial charge in [-0.25, -0.2) is 0 Å². The molecular weight excluding hydrogens is 284 g/mol. The van der Waals surface area contributed by atoms with Gasteiger partial charge in [0.05, 0.1) is 0 Å². The van der Waals surface area contributed by atoms with Crippen LogP contribution < -0.4 is 0 Å². The third-order valence-corrected chi connectivity index (χ3v) is 4.06. The van der Waals surface area contributed by atoms with E-state index in [0.717, 1.165) is 12.8 Å². The number of carboxylic acids is 1. The molecule has 0 saturated carbocycles. The van der Waals surface area contributed by atoms with Gasteiger partial charge in [0.2, 0.25) is 0 Å². The van der Waals surface area contributed by atoms with Crippen molar-refractivity contribution in [2.24, 2.45) is 0 Å². The average molecular weight is 323 g/mol. The maximum Gasteiger partial charge on any atom is 0.303 e. The summed E-state index contributed by atoms with van der Waals surface area (Å²) < 4.78 is 0. The van der Waals surface area contributed by atoms with Crippen LogP contribution in [0.3, 0.4) is 0 Å². The summed E-state index contributed by atoms with van der Waals surface area (Å²) in [5, 5.41) is 8.54. The molecule has 2 heteroatoms. The molecule has 0 fully saturated rings. The molecule has 0 radical (unpaired) electrons. The molecule has 0 aliphatic carbocycles. The van der Waals surface area contributed by atoms with Gasteiger partial charge in [-0.1, -0.05) is 63.3 Å². The first-order valence-corrected chi connectivity index (χ1v) is 9.79. The highest BCUT2D eigenvalue weighted by atomic mass is 16.4. The number of carboxylic acid groups (broad SMARTS) is 1. The first kappa shape index (κ1) is 21.9. The van der Waals surface area contributed by atoms with Crippen molar-refractivity contribution in [3.63, 3.8) is 0 Å². The van der Waals surface area contributed by atoms with Gasteiger partial charge >= 0.3 is 5.97 Å². The van der Waals surface area contributed by atoms with Gasteiger partial charge in [0.15, 0.2) is 0 Å². The van der Waals surface area contributed by atoms with E-state index >= 15 is 0 Å². The lowest BCUT2D eigenvalue weighted by atomic mass is 10.1. The van der Waals surface area contributed by atoms with Gasteiger partial charge in [-0.3, -0.25) is 4.79 Å². The van der Waals surface area contributed by atoms with Crippen molar-refractivity contribution >= 4 is 5.97 Å². The summed E-state index contributed by atoms with van der Waals surface area (Å²) >= 11 is 0. The highest BCUT2D eigenvalue weighted by Crippen LogP contribution is 2.09. The Labute approximate surface area is 144 Å². The highest BCUT2D eigenvalue weighted by molar-refractivity contribution is 5.66. The van der Waals surface area contributed by atoms with Crippen LogP contribution in [0.5, 0.6) is 0 Å². The summed E-state index contributed by atoms with van der Waals surface area (Å²) in [5.74, 6) is -0.667. The Hall–Kier alpha value is -1.05. The maximum absolute atomic E-state index is 10.4. The quantitative estimate of drug-likeness (QED) is 0.230. The zero-order valence-electron chi connectivity index (χ0n) is 15.3. The van der Waals surface area contributed by atoms with E-state index in [2.05, 4.69) is 31.2 Å². The van der Waals surface area contributed by atoms with Crippen molar-refractivity contribution in [1.82, 2.24) is 0 Å². The predicted molar refractivity (Wildman–Crippen MR) is 101 cm³/mol. The standard InChI is InChI=1S/C21H38O2/c1-2-3-4-5-6-7-8-9-10-11-12-13-14-15-16-17-18-19-20-21(22)23/h6-7,12-13H,2-5,8-11,14-20H2,1H3,(H,22,23). The van der Waals surface area contributed by atoms with Crippen LogP contribution in [-0.4, -0.2) is 11.1 Å². The van der Waals surface area contributed by atoms with Crippen molar-refractivity contribution in [1.29, 1.82) is 0 Å². The van der Waals surface area contributed by atoms with E-state index in [1.165, 1.54) is 77.0 Å². The Kier molecular flexibility index (Phi) is 18.1. The van der Waals surface area contributed by atoms with Gasteiger partial charge < -0.3 is 5.11 Å². The van der Waals surface area contributed by atoms with Crippen LogP contribution in [0.1, 0.15) is 103 Å². The van der Waals surface area contributed by atoms with E-state index in [0.29, 0.717) is 6.42 Å². The molecule has 0 rings (SSSR count). The summed E-state index contributed by atoms with van der Waals surface area (Å²) in [4.78, 5) is 10.4. The van der Waals surface area contributed by atoms with Crippen LogP contribution in [0.25, 0.3) is 0 Å². The van der Waals surface area contributed by atoms with Crippen LogP contribution in [0, 0.1) is 0 Å². The van der Waals surface area contributed by atoms with Crippen LogP contribution in [-0.2, 0) is 4.79 Å². The number of aliphatic carboxylic acids is 1. The first-order chi connectivity index (χ1) is 11.3. The fourth-order valence-electron chi connectivity index (χ4n) is 2.58. The number of hydrogen-bond acceptors (Lipinski definition) is 1. The molecule has 0 aromatic heterocycles. The average Bonchev–Trinajstić information content (AvgIpc) is 2.53. The molecule has 0 unspecified atom stereocenters. The maximum atomic E-state index is 10.4. The lowest BCUT2D eigenvalue weighted by molar-refractivity contribution is -0.137. The SMILES string of the molecule is CCCCCC=CCCCCC=CCCCCCCCC(=O)O. The second-order valence-corrected chi connectivity index (χ2v) is 6.42. The molecule has 2 nitrogen and oxygen atoms in total. The number of unbranched alkanes of at least 4 members (excludes halogenated alkanes) is 11.